The van der Waals surface area contributed by atoms with Gasteiger partial charge in [0.05, 0.1) is 5.95 Å². The van der Waals surface area contributed by atoms with Gasteiger partial charge in [-0.2, -0.15) is 0 Å². The fourth-order valence-corrected chi connectivity index (χ4v) is 0.422. The molecule has 0 aliphatic carbocycles. The summed E-state index contributed by atoms with van der Waals surface area (Å²) in [4.78, 5) is 13.2. The van der Waals surface area contributed by atoms with Crippen molar-refractivity contribution in [2.75, 3.05) is 0 Å². The van der Waals surface area contributed by atoms with Gasteiger partial charge in [0, 0.05) is 65.9 Å². The van der Waals surface area contributed by atoms with Gasteiger partial charge < -0.3 is 15.0 Å². The molecule has 0 saturated carbocycles. The Bertz CT molecular complexity index is 285. The predicted molar refractivity (Wildman–Crippen MR) is 32.2 cm³/mol. The molecule has 0 atom stereocenters. The zero-order valence-electron chi connectivity index (χ0n) is 6.17. The van der Waals surface area contributed by atoms with Crippen molar-refractivity contribution < 1.29 is 53.8 Å². The Hall–Kier alpha value is 0.112. The van der Waals surface area contributed by atoms with E-state index in [1.54, 1.807) is 6.92 Å². The van der Waals surface area contributed by atoms with Gasteiger partial charge in [-0.15, -0.1) is 0 Å². The Morgan fingerprint density at radius 2 is 2.17 bits per heavy atom. The van der Waals surface area contributed by atoms with Crippen molar-refractivity contribution >= 4 is 5.95 Å². The molecule has 0 unspecified atom stereocenters. The van der Waals surface area contributed by atoms with Crippen molar-refractivity contribution in [2.45, 2.75) is 6.92 Å². The molecule has 0 saturated heterocycles. The number of hydrogen-bond acceptors (Lipinski definition) is 4. The predicted octanol–water partition coefficient (Wildman–Crippen LogP) is 0.917. The van der Waals surface area contributed by atoms with E-state index in [0.29, 0.717) is 5.82 Å². The summed E-state index contributed by atoms with van der Waals surface area (Å²) in [7, 11) is 0. The normalized spacial score (nSPS) is 7.08. The van der Waals surface area contributed by atoms with Gasteiger partial charge in [-0.3, -0.25) is 0 Å². The van der Waals surface area contributed by atoms with Gasteiger partial charge in [0.1, 0.15) is 0 Å². The fourth-order valence-electron chi connectivity index (χ4n) is 0.422. The van der Waals surface area contributed by atoms with Crippen molar-refractivity contribution in [3.05, 3.63) is 22.6 Å². The first-order valence-electron chi connectivity index (χ1n) is 2.47. The van der Waals surface area contributed by atoms with Crippen LogP contribution < -0.4 is 0 Å². The van der Waals surface area contributed by atoms with Gasteiger partial charge in [-0.25, -0.2) is 0 Å². The third-order valence-electron chi connectivity index (χ3n) is 0.758. The van der Waals surface area contributed by atoms with Crippen LogP contribution >= 0.6 is 0 Å². The van der Waals surface area contributed by atoms with Crippen molar-refractivity contribution in [1.29, 1.82) is 0 Å². The third-order valence-corrected chi connectivity index (χ3v) is 0.758. The van der Waals surface area contributed by atoms with Crippen LogP contribution in [-0.4, -0.2) is 15.0 Å². The Morgan fingerprint density at radius 3 is 2.67 bits per heavy atom. The average molecular weight is 408 g/mol. The topological polar surface area (TPSA) is 87.4 Å². The van der Waals surface area contributed by atoms with Crippen molar-refractivity contribution in [3.8, 4) is 0 Å². The minimum atomic E-state index is 0. The van der Waals surface area contributed by atoms with Gasteiger partial charge >= 0.3 is 0 Å². The standard InChI is InChI=1S/C4H3N6.W.Y/c1-3-6-2-7-4(8-3)9-10-5;;/h1H3;;/q-1;;. The summed E-state index contributed by atoms with van der Waals surface area (Å²) >= 11 is 0. The van der Waals surface area contributed by atoms with E-state index in [4.69, 9.17) is 5.53 Å². The summed E-state index contributed by atoms with van der Waals surface area (Å²) in [5, 5.41) is 3.15. The molecule has 1 rings (SSSR count). The minimum absolute atomic E-state index is 0. The molecule has 8 heteroatoms. The van der Waals surface area contributed by atoms with Gasteiger partial charge in [0.15, 0.2) is 0 Å². The van der Waals surface area contributed by atoms with Crippen molar-refractivity contribution in [2.24, 2.45) is 5.11 Å². The molecule has 0 aromatic carbocycles. The number of aromatic nitrogens is 3. The molecule has 6 nitrogen and oxygen atoms in total. The molecular weight excluding hydrogens is 405 g/mol. The molecule has 0 spiro atoms. The van der Waals surface area contributed by atoms with Crippen LogP contribution in [0.2, 0.25) is 0 Å². The average Bonchev–Trinajstić information content (AvgIpc) is 1.88. The van der Waals surface area contributed by atoms with Gasteiger partial charge in [-0.1, -0.05) is 12.0 Å². The zero-order chi connectivity index (χ0) is 7.40. The molecular formula is C4H3N6WY-. The quantitative estimate of drug-likeness (QED) is 0.300. The van der Waals surface area contributed by atoms with E-state index < -0.39 is 0 Å². The number of azide groups is 1. The summed E-state index contributed by atoms with van der Waals surface area (Å²) in [5.74, 6) is 0.535. The van der Waals surface area contributed by atoms with Gasteiger partial charge in [-0.05, 0) is 10.4 Å². The first kappa shape index (κ1) is 14.6. The third kappa shape index (κ3) is 4.88. The van der Waals surface area contributed by atoms with Crippen molar-refractivity contribution in [1.82, 2.24) is 15.0 Å². The van der Waals surface area contributed by atoms with E-state index in [2.05, 4.69) is 31.3 Å². The zero-order valence-corrected chi connectivity index (χ0v) is 11.9. The molecule has 0 amide bonds. The first-order chi connectivity index (χ1) is 4.83. The molecule has 0 aliphatic heterocycles. The molecule has 59 valence electrons. The second-order valence-corrected chi connectivity index (χ2v) is 1.47. The molecule has 1 radical (unpaired) electrons. The summed E-state index contributed by atoms with van der Waals surface area (Å²) in [6.07, 6.45) is 2.29. The molecule has 1 aromatic heterocycles. The second-order valence-electron chi connectivity index (χ2n) is 1.47. The maximum Gasteiger partial charge on any atom is 0.0985 e. The maximum absolute atomic E-state index is 7.95. The van der Waals surface area contributed by atoms with Crippen LogP contribution in [0.3, 0.4) is 0 Å². The van der Waals surface area contributed by atoms with Crippen LogP contribution in [0.25, 0.3) is 10.4 Å². The molecule has 1 heterocycles. The maximum atomic E-state index is 7.95. The fraction of sp³-hybridized carbons (Fsp3) is 0.250. The molecule has 1 aromatic rings. The summed E-state index contributed by atoms with van der Waals surface area (Å²) in [6, 6.07) is 0. The van der Waals surface area contributed by atoms with Crippen LogP contribution in [0.1, 0.15) is 5.82 Å². The van der Waals surface area contributed by atoms with E-state index in [-0.39, 0.29) is 59.7 Å². The Balaban J connectivity index is 0. The molecule has 0 aliphatic rings. The van der Waals surface area contributed by atoms with Gasteiger partial charge in [0.2, 0.25) is 0 Å². The second kappa shape index (κ2) is 7.75. The number of hydrogen-bond donors (Lipinski definition) is 0. The van der Waals surface area contributed by atoms with E-state index in [9.17, 15) is 0 Å². The van der Waals surface area contributed by atoms with Crippen LogP contribution in [0.5, 0.6) is 0 Å². The minimum Gasteiger partial charge on any atom is -0.353 e. The van der Waals surface area contributed by atoms with Crippen molar-refractivity contribution in [3.63, 3.8) is 0 Å². The van der Waals surface area contributed by atoms with Gasteiger partial charge in [0.25, 0.3) is 0 Å². The Kier molecular flexibility index (Phi) is 9.44. The van der Waals surface area contributed by atoms with Crippen LogP contribution in [0.15, 0.2) is 5.11 Å². The monoisotopic (exact) mass is 408 g/mol. The Labute approximate surface area is 108 Å². The molecule has 0 bridgehead atoms. The largest absolute Gasteiger partial charge is 0.353 e. The summed E-state index contributed by atoms with van der Waals surface area (Å²) in [6.45, 7) is 1.66. The number of nitrogens with zero attached hydrogens (tertiary/aromatic N) is 6. The Morgan fingerprint density at radius 1 is 1.50 bits per heavy atom. The van der Waals surface area contributed by atoms with E-state index >= 15 is 0 Å². The first-order valence-corrected chi connectivity index (χ1v) is 2.47. The van der Waals surface area contributed by atoms with E-state index in [1.165, 1.54) is 0 Å². The number of rotatable bonds is 1. The summed E-state index contributed by atoms with van der Waals surface area (Å²) < 4.78 is 0. The van der Waals surface area contributed by atoms with Crippen LogP contribution in [0, 0.1) is 13.3 Å². The van der Waals surface area contributed by atoms with Crippen LogP contribution in [-0.2, 0) is 53.8 Å². The SMILES string of the molecule is Cc1n[c-]nc(N=[N+]=[N-])n1.[W].[Y]. The van der Waals surface area contributed by atoms with E-state index in [0.717, 1.165) is 0 Å². The molecule has 0 fully saturated rings. The molecule has 12 heavy (non-hydrogen) atoms. The summed E-state index contributed by atoms with van der Waals surface area (Å²) in [5.41, 5.74) is 7.95. The molecule has 0 N–H and O–H groups in total. The van der Waals surface area contributed by atoms with Crippen LogP contribution in [0.4, 0.5) is 5.95 Å². The number of aryl methyl sites for hydroxylation is 1. The van der Waals surface area contributed by atoms with E-state index in [1.807, 2.05) is 0 Å². The smallest absolute Gasteiger partial charge is 0.0985 e.